The van der Waals surface area contributed by atoms with Gasteiger partial charge in [0.05, 0.1) is 10.9 Å². The van der Waals surface area contributed by atoms with E-state index in [1.54, 1.807) is 28.8 Å². The number of amides is 1. The van der Waals surface area contributed by atoms with Gasteiger partial charge in [0.2, 0.25) is 11.1 Å². The number of carbonyl (C=O) groups excluding carboxylic acids is 1. The zero-order valence-corrected chi connectivity index (χ0v) is 17.7. The molecule has 8 heteroatoms. The largest absolute Gasteiger partial charge is 0.340 e. The number of hydrogen-bond donors (Lipinski definition) is 0. The lowest BCUT2D eigenvalue weighted by Crippen LogP contribution is -2.33. The van der Waals surface area contributed by atoms with Crippen molar-refractivity contribution < 1.29 is 9.18 Å². The van der Waals surface area contributed by atoms with Gasteiger partial charge in [0.15, 0.2) is 0 Å². The van der Waals surface area contributed by atoms with E-state index in [4.69, 9.17) is 0 Å². The molecule has 2 aromatic carbocycles. The summed E-state index contributed by atoms with van der Waals surface area (Å²) in [5.74, 6) is 0.0513. The van der Waals surface area contributed by atoms with Crippen molar-refractivity contribution in [2.24, 2.45) is 0 Å². The van der Waals surface area contributed by atoms with E-state index in [9.17, 15) is 9.18 Å². The fourth-order valence-corrected chi connectivity index (χ4v) is 3.84. The average molecular weight is 414 g/mol. The number of nitrogens with zero attached hydrogens (tertiary/aromatic N) is 5. The minimum atomic E-state index is -0.395. The fraction of sp³-hybridized carbons (Fsp3) is 0.333. The SMILES string of the molecule is CC(C)c1ccc(-n2nnnc2S[C@@H](C)C(=O)N(C)Cc2cccc(F)c2)cc1. The molecular weight excluding hydrogens is 389 g/mol. The average Bonchev–Trinajstić information content (AvgIpc) is 3.15. The van der Waals surface area contributed by atoms with Crippen molar-refractivity contribution in [1.82, 2.24) is 25.1 Å². The quantitative estimate of drug-likeness (QED) is 0.547. The lowest BCUT2D eigenvalue weighted by atomic mass is 10.0. The number of carbonyl (C=O) groups is 1. The number of halogens is 1. The predicted octanol–water partition coefficient (Wildman–Crippen LogP) is 4.06. The van der Waals surface area contributed by atoms with E-state index in [1.807, 2.05) is 19.1 Å². The summed E-state index contributed by atoms with van der Waals surface area (Å²) in [5, 5.41) is 12.1. The molecule has 29 heavy (non-hydrogen) atoms. The first-order valence-electron chi connectivity index (χ1n) is 9.40. The van der Waals surface area contributed by atoms with Crippen LogP contribution in [0.1, 0.15) is 37.8 Å². The van der Waals surface area contributed by atoms with Crippen LogP contribution in [-0.4, -0.2) is 43.3 Å². The van der Waals surface area contributed by atoms with Gasteiger partial charge in [-0.3, -0.25) is 4.79 Å². The highest BCUT2D eigenvalue weighted by molar-refractivity contribution is 8.00. The summed E-state index contributed by atoms with van der Waals surface area (Å²) in [5.41, 5.74) is 2.82. The van der Waals surface area contributed by atoms with Crippen molar-refractivity contribution in [3.8, 4) is 5.69 Å². The zero-order valence-electron chi connectivity index (χ0n) is 16.9. The molecule has 0 aliphatic heterocycles. The van der Waals surface area contributed by atoms with Crippen LogP contribution < -0.4 is 0 Å². The molecule has 0 radical (unpaired) electrons. The molecule has 0 aliphatic carbocycles. The number of hydrogen-bond acceptors (Lipinski definition) is 5. The first-order valence-corrected chi connectivity index (χ1v) is 10.3. The molecule has 1 aromatic heterocycles. The zero-order chi connectivity index (χ0) is 21.0. The van der Waals surface area contributed by atoms with Gasteiger partial charge in [-0.2, -0.15) is 4.68 Å². The van der Waals surface area contributed by atoms with E-state index in [1.165, 1.54) is 29.5 Å². The van der Waals surface area contributed by atoms with E-state index in [2.05, 4.69) is 41.5 Å². The Kier molecular flexibility index (Phi) is 6.64. The normalized spacial score (nSPS) is 12.2. The summed E-state index contributed by atoms with van der Waals surface area (Å²) in [6, 6.07) is 14.3. The van der Waals surface area contributed by atoms with Crippen LogP contribution in [0.25, 0.3) is 5.69 Å². The van der Waals surface area contributed by atoms with Crippen LogP contribution in [0.3, 0.4) is 0 Å². The summed E-state index contributed by atoms with van der Waals surface area (Å²) >= 11 is 1.29. The van der Waals surface area contributed by atoms with E-state index in [0.29, 0.717) is 17.6 Å². The number of thioether (sulfide) groups is 1. The van der Waals surface area contributed by atoms with Crippen molar-refractivity contribution in [3.05, 3.63) is 65.5 Å². The van der Waals surface area contributed by atoms with Crippen LogP contribution >= 0.6 is 11.8 Å². The second-order valence-corrected chi connectivity index (χ2v) is 8.51. The highest BCUT2D eigenvalue weighted by Crippen LogP contribution is 2.25. The third-order valence-electron chi connectivity index (χ3n) is 4.56. The van der Waals surface area contributed by atoms with Gasteiger partial charge in [-0.15, -0.1) is 5.10 Å². The molecule has 3 rings (SSSR count). The minimum Gasteiger partial charge on any atom is -0.340 e. The third-order valence-corrected chi connectivity index (χ3v) is 5.58. The molecule has 0 N–H and O–H groups in total. The Morgan fingerprint density at radius 1 is 1.17 bits per heavy atom. The van der Waals surface area contributed by atoms with Crippen molar-refractivity contribution in [3.63, 3.8) is 0 Å². The van der Waals surface area contributed by atoms with Crippen molar-refractivity contribution in [2.75, 3.05) is 7.05 Å². The number of aromatic nitrogens is 4. The smallest absolute Gasteiger partial charge is 0.235 e. The third kappa shape index (κ3) is 5.20. The molecule has 1 heterocycles. The van der Waals surface area contributed by atoms with E-state index >= 15 is 0 Å². The Bertz CT molecular complexity index is 973. The van der Waals surface area contributed by atoms with Gasteiger partial charge in [-0.05, 0) is 58.7 Å². The van der Waals surface area contributed by atoms with Crippen LogP contribution in [0.15, 0.2) is 53.7 Å². The van der Waals surface area contributed by atoms with Crippen LogP contribution in [-0.2, 0) is 11.3 Å². The molecule has 1 amide bonds. The molecule has 0 aliphatic rings. The molecule has 152 valence electrons. The Morgan fingerprint density at radius 3 is 2.55 bits per heavy atom. The van der Waals surface area contributed by atoms with E-state index < -0.39 is 5.25 Å². The number of benzene rings is 2. The fourth-order valence-electron chi connectivity index (χ4n) is 2.92. The van der Waals surface area contributed by atoms with Gasteiger partial charge in [-0.25, -0.2) is 4.39 Å². The molecule has 0 unspecified atom stereocenters. The van der Waals surface area contributed by atoms with Crippen molar-refractivity contribution >= 4 is 17.7 Å². The van der Waals surface area contributed by atoms with Crippen LogP contribution in [0, 0.1) is 5.82 Å². The molecule has 3 aromatic rings. The summed E-state index contributed by atoms with van der Waals surface area (Å²) < 4.78 is 15.0. The lowest BCUT2D eigenvalue weighted by Gasteiger charge is -2.21. The molecule has 0 saturated heterocycles. The van der Waals surface area contributed by atoms with Crippen LogP contribution in [0.5, 0.6) is 0 Å². The maximum atomic E-state index is 13.4. The van der Waals surface area contributed by atoms with Gasteiger partial charge >= 0.3 is 0 Å². The molecule has 0 fully saturated rings. The van der Waals surface area contributed by atoms with Crippen LogP contribution in [0.4, 0.5) is 4.39 Å². The van der Waals surface area contributed by atoms with Gasteiger partial charge < -0.3 is 4.90 Å². The van der Waals surface area contributed by atoms with Gasteiger partial charge in [0.1, 0.15) is 5.82 Å². The second kappa shape index (κ2) is 9.17. The standard InChI is InChI=1S/C21H24FN5OS/c1-14(2)17-8-10-19(11-9-17)27-21(23-24-25-27)29-15(3)20(28)26(4)13-16-6-5-7-18(22)12-16/h5-12,14-15H,13H2,1-4H3/t15-/m0/s1. The Hall–Kier alpha value is -2.74. The maximum absolute atomic E-state index is 13.4. The summed E-state index contributed by atoms with van der Waals surface area (Å²) in [7, 11) is 1.71. The lowest BCUT2D eigenvalue weighted by molar-refractivity contribution is -0.129. The molecular formula is C21H24FN5OS. The monoisotopic (exact) mass is 413 g/mol. The summed E-state index contributed by atoms with van der Waals surface area (Å²) in [4.78, 5) is 14.3. The number of tetrazole rings is 1. The molecule has 1 atom stereocenters. The Labute approximate surface area is 174 Å². The highest BCUT2D eigenvalue weighted by atomic mass is 32.2. The highest BCUT2D eigenvalue weighted by Gasteiger charge is 2.22. The topological polar surface area (TPSA) is 63.9 Å². The van der Waals surface area contributed by atoms with Crippen molar-refractivity contribution in [2.45, 2.75) is 43.6 Å². The van der Waals surface area contributed by atoms with Crippen LogP contribution in [0.2, 0.25) is 0 Å². The first kappa shape index (κ1) is 21.0. The Balaban J connectivity index is 1.68. The Morgan fingerprint density at radius 2 is 1.90 bits per heavy atom. The van der Waals surface area contributed by atoms with E-state index in [-0.39, 0.29) is 11.7 Å². The van der Waals surface area contributed by atoms with Gasteiger partial charge in [-0.1, -0.05) is 49.9 Å². The first-order chi connectivity index (χ1) is 13.8. The summed E-state index contributed by atoms with van der Waals surface area (Å²) in [6.07, 6.45) is 0. The second-order valence-electron chi connectivity index (χ2n) is 7.20. The molecule has 0 spiro atoms. The summed E-state index contributed by atoms with van der Waals surface area (Å²) in [6.45, 7) is 6.43. The molecule has 0 saturated carbocycles. The van der Waals surface area contributed by atoms with Gasteiger partial charge in [0.25, 0.3) is 0 Å². The minimum absolute atomic E-state index is 0.0797. The maximum Gasteiger partial charge on any atom is 0.235 e. The van der Waals surface area contributed by atoms with E-state index in [0.717, 1.165) is 11.3 Å². The number of rotatable bonds is 7. The molecule has 0 bridgehead atoms. The van der Waals surface area contributed by atoms with Crippen molar-refractivity contribution in [1.29, 1.82) is 0 Å². The molecule has 6 nitrogen and oxygen atoms in total. The van der Waals surface area contributed by atoms with Gasteiger partial charge in [0, 0.05) is 13.6 Å². The predicted molar refractivity (Wildman–Crippen MR) is 111 cm³/mol.